The number of para-hydroxylation sites is 2. The summed E-state index contributed by atoms with van der Waals surface area (Å²) in [5.74, 6) is 0.216. The lowest BCUT2D eigenvalue weighted by Crippen LogP contribution is -2.39. The van der Waals surface area contributed by atoms with Crippen LogP contribution < -0.4 is 0 Å². The summed E-state index contributed by atoms with van der Waals surface area (Å²) in [4.78, 5) is 0. The van der Waals surface area contributed by atoms with E-state index in [1.807, 2.05) is 0 Å². The van der Waals surface area contributed by atoms with Crippen molar-refractivity contribution in [1.82, 2.24) is 4.57 Å². The topological polar surface area (TPSA) is 4.93 Å². The van der Waals surface area contributed by atoms with Gasteiger partial charge in [-0.3, -0.25) is 0 Å². The molecule has 0 saturated heterocycles. The number of hydrogen-bond acceptors (Lipinski definition) is 0. The smallest absolute Gasteiger partial charge is 0.0707 e. The molecule has 0 bridgehead atoms. The molecule has 0 atom stereocenters. The van der Waals surface area contributed by atoms with Crippen LogP contribution in [0.1, 0.15) is 68.8 Å². The number of rotatable bonds is 4. The van der Waals surface area contributed by atoms with E-state index < -0.39 is 5.41 Å². The zero-order chi connectivity index (χ0) is 35.4. The predicted octanol–water partition coefficient (Wildman–Crippen LogP) is 12.7. The standard InChI is InChI=1S/C53H37N/c1-3-17-43-39(13-1)40-14-2-4-18-44(40)51(43)35-25-27-36(28-26-35)53(47-21-9-7-19-45(47)52(33-34-52)46-20-8-10-22-48(46)53)37-29-31-38(32-30-37)54-49-23-11-5-15-41(49)42-16-6-12-24-50(42)54/h1-32,51H,33-34H2. The fourth-order valence-electron chi connectivity index (χ4n) is 10.7. The average molecular weight is 688 g/mol. The SMILES string of the molecule is c1ccc2c(c1)-c1ccccc1C2c1ccc(C2(c3ccc(-n4c5ccccc5c5ccccc54)cc3)c3ccccc3C3(CC3)c3ccccc32)cc1. The molecule has 1 aromatic heterocycles. The van der Waals surface area contributed by atoms with Gasteiger partial charge in [-0.2, -0.15) is 0 Å². The van der Waals surface area contributed by atoms with Crippen molar-refractivity contribution in [2.24, 2.45) is 0 Å². The molecule has 1 nitrogen and oxygen atoms in total. The first-order valence-electron chi connectivity index (χ1n) is 19.4. The number of benzene rings is 8. The Labute approximate surface area is 315 Å². The van der Waals surface area contributed by atoms with Crippen LogP contribution in [0.4, 0.5) is 0 Å². The van der Waals surface area contributed by atoms with E-state index in [0.717, 1.165) is 0 Å². The molecule has 3 aliphatic carbocycles. The molecule has 0 amide bonds. The van der Waals surface area contributed by atoms with Crippen LogP contribution in [-0.4, -0.2) is 4.57 Å². The van der Waals surface area contributed by atoms with Gasteiger partial charge in [0.15, 0.2) is 0 Å². The Morgan fingerprint density at radius 3 is 1.33 bits per heavy atom. The van der Waals surface area contributed by atoms with Gasteiger partial charge in [-0.25, -0.2) is 0 Å². The third-order valence-corrected chi connectivity index (χ3v) is 13.1. The van der Waals surface area contributed by atoms with Gasteiger partial charge in [-0.1, -0.05) is 170 Å². The minimum atomic E-state index is -0.482. The highest BCUT2D eigenvalue weighted by Crippen LogP contribution is 2.64. The molecule has 1 spiro atoms. The van der Waals surface area contributed by atoms with E-state index in [4.69, 9.17) is 0 Å². The van der Waals surface area contributed by atoms with Crippen LogP contribution in [0.2, 0.25) is 0 Å². The second-order valence-corrected chi connectivity index (χ2v) is 15.6. The van der Waals surface area contributed by atoms with Crippen molar-refractivity contribution in [3.8, 4) is 16.8 Å². The molecule has 0 unspecified atom stereocenters. The Balaban J connectivity index is 1.08. The monoisotopic (exact) mass is 687 g/mol. The Hall–Kier alpha value is -6.44. The van der Waals surface area contributed by atoms with Gasteiger partial charge in [0.05, 0.1) is 16.4 Å². The van der Waals surface area contributed by atoms with E-state index >= 15 is 0 Å². The lowest BCUT2D eigenvalue weighted by Gasteiger charge is -2.45. The number of hydrogen-bond donors (Lipinski definition) is 0. The zero-order valence-corrected chi connectivity index (χ0v) is 29.9. The largest absolute Gasteiger partial charge is 0.309 e. The van der Waals surface area contributed by atoms with E-state index in [9.17, 15) is 0 Å². The highest BCUT2D eigenvalue weighted by atomic mass is 15.0. The van der Waals surface area contributed by atoms with Crippen molar-refractivity contribution in [2.75, 3.05) is 0 Å². The maximum absolute atomic E-state index is 2.44. The van der Waals surface area contributed by atoms with Crippen LogP contribution in [-0.2, 0) is 10.8 Å². The summed E-state index contributed by atoms with van der Waals surface area (Å²) >= 11 is 0. The summed E-state index contributed by atoms with van der Waals surface area (Å²) in [6, 6.07) is 73.4. The van der Waals surface area contributed by atoms with Crippen LogP contribution in [0, 0.1) is 0 Å². The quantitative estimate of drug-likeness (QED) is 0.174. The summed E-state index contributed by atoms with van der Waals surface area (Å²) in [6.07, 6.45) is 2.40. The highest BCUT2D eigenvalue weighted by Gasteiger charge is 2.57. The zero-order valence-electron chi connectivity index (χ0n) is 29.9. The summed E-state index contributed by atoms with van der Waals surface area (Å²) in [6.45, 7) is 0. The Morgan fingerprint density at radius 2 is 0.815 bits per heavy atom. The van der Waals surface area contributed by atoms with Crippen molar-refractivity contribution in [3.05, 3.63) is 244 Å². The maximum Gasteiger partial charge on any atom is 0.0707 e. The molecule has 54 heavy (non-hydrogen) atoms. The van der Waals surface area contributed by atoms with Gasteiger partial charge in [-0.05, 0) is 98.3 Å². The molecule has 12 rings (SSSR count). The third-order valence-electron chi connectivity index (χ3n) is 13.1. The van der Waals surface area contributed by atoms with E-state index in [-0.39, 0.29) is 11.3 Å². The van der Waals surface area contributed by atoms with Gasteiger partial charge >= 0.3 is 0 Å². The molecule has 254 valence electrons. The van der Waals surface area contributed by atoms with Crippen molar-refractivity contribution in [3.63, 3.8) is 0 Å². The van der Waals surface area contributed by atoms with Crippen molar-refractivity contribution in [2.45, 2.75) is 29.6 Å². The van der Waals surface area contributed by atoms with Gasteiger partial charge in [-0.15, -0.1) is 0 Å². The lowest BCUT2D eigenvalue weighted by atomic mass is 9.56. The molecule has 0 radical (unpaired) electrons. The van der Waals surface area contributed by atoms with E-state index in [2.05, 4.69) is 199 Å². The summed E-state index contributed by atoms with van der Waals surface area (Å²) in [5, 5.41) is 2.57. The second-order valence-electron chi connectivity index (χ2n) is 15.6. The minimum absolute atomic E-state index is 0.0941. The summed E-state index contributed by atoms with van der Waals surface area (Å²) in [7, 11) is 0. The van der Waals surface area contributed by atoms with Crippen LogP contribution in [0.5, 0.6) is 0 Å². The first kappa shape index (κ1) is 30.1. The van der Waals surface area contributed by atoms with E-state index in [0.29, 0.717) is 0 Å². The fraction of sp³-hybridized carbons (Fsp3) is 0.0943. The average Bonchev–Trinajstić information content (AvgIpc) is 3.88. The molecule has 9 aromatic rings. The van der Waals surface area contributed by atoms with Crippen LogP contribution in [0.15, 0.2) is 194 Å². The maximum atomic E-state index is 2.44. The van der Waals surface area contributed by atoms with Crippen LogP contribution in [0.3, 0.4) is 0 Å². The summed E-state index contributed by atoms with van der Waals surface area (Å²) < 4.78 is 2.43. The molecular weight excluding hydrogens is 651 g/mol. The molecule has 0 N–H and O–H groups in total. The third kappa shape index (κ3) is 3.89. The number of aromatic nitrogens is 1. The molecule has 1 heterocycles. The van der Waals surface area contributed by atoms with Crippen LogP contribution in [0.25, 0.3) is 38.6 Å². The molecular formula is C53H37N. The normalized spacial score (nSPS) is 15.9. The van der Waals surface area contributed by atoms with Crippen molar-refractivity contribution in [1.29, 1.82) is 0 Å². The van der Waals surface area contributed by atoms with E-state index in [1.54, 1.807) is 0 Å². The Morgan fingerprint density at radius 1 is 0.389 bits per heavy atom. The van der Waals surface area contributed by atoms with Crippen molar-refractivity contribution >= 4 is 21.8 Å². The van der Waals surface area contributed by atoms with Crippen LogP contribution >= 0.6 is 0 Å². The molecule has 1 heteroatoms. The molecule has 1 fully saturated rings. The van der Waals surface area contributed by atoms with E-state index in [1.165, 1.54) is 102 Å². The van der Waals surface area contributed by atoms with Gasteiger partial charge in [0.2, 0.25) is 0 Å². The van der Waals surface area contributed by atoms with Gasteiger partial charge in [0.1, 0.15) is 0 Å². The minimum Gasteiger partial charge on any atom is -0.309 e. The molecule has 3 aliphatic rings. The molecule has 0 aliphatic heterocycles. The molecule has 8 aromatic carbocycles. The Kier molecular flexibility index (Phi) is 6.15. The van der Waals surface area contributed by atoms with Gasteiger partial charge < -0.3 is 4.57 Å². The number of nitrogens with zero attached hydrogens (tertiary/aromatic N) is 1. The lowest BCUT2D eigenvalue weighted by molar-refractivity contribution is 0.647. The predicted molar refractivity (Wildman–Crippen MR) is 222 cm³/mol. The van der Waals surface area contributed by atoms with Gasteiger partial charge in [0.25, 0.3) is 0 Å². The molecule has 1 saturated carbocycles. The Bertz CT molecular complexity index is 2790. The summed E-state index contributed by atoms with van der Waals surface area (Å²) in [5.41, 5.74) is 18.5. The first-order valence-corrected chi connectivity index (χ1v) is 19.4. The number of fused-ring (bicyclic) bond motifs is 10. The van der Waals surface area contributed by atoms with Gasteiger partial charge in [0, 0.05) is 27.8 Å². The van der Waals surface area contributed by atoms with Crippen molar-refractivity contribution < 1.29 is 0 Å². The first-order chi connectivity index (χ1) is 26.8. The highest BCUT2D eigenvalue weighted by molar-refractivity contribution is 6.09. The fourth-order valence-corrected chi connectivity index (χ4v) is 10.7. The second kappa shape index (κ2) is 11.0.